The Balaban J connectivity index is 1.42. The number of hydrogen-bond acceptors (Lipinski definition) is 3. The molecule has 1 saturated heterocycles. The first-order chi connectivity index (χ1) is 14.1. The molecule has 6 heteroatoms. The van der Waals surface area contributed by atoms with Crippen molar-refractivity contribution in [3.05, 3.63) is 77.9 Å². The molecule has 1 N–H and O–H groups in total. The summed E-state index contributed by atoms with van der Waals surface area (Å²) in [6, 6.07) is 16.1. The molecule has 0 aliphatic carbocycles. The van der Waals surface area contributed by atoms with E-state index in [1.807, 2.05) is 17.0 Å². The molecule has 1 fully saturated rings. The number of likely N-dealkylation sites (tertiary alicyclic amines) is 1. The maximum atomic E-state index is 13.5. The number of benzene rings is 2. The number of anilines is 1. The molecule has 0 atom stereocenters. The van der Waals surface area contributed by atoms with Crippen molar-refractivity contribution in [3.63, 3.8) is 0 Å². The maximum Gasteiger partial charge on any atom is 0.253 e. The summed E-state index contributed by atoms with van der Waals surface area (Å²) in [5.41, 5.74) is 3.47. The fourth-order valence-corrected chi connectivity index (χ4v) is 4.53. The number of nitrogens with zero attached hydrogens (tertiary/aromatic N) is 2. The molecular weight excluding hydrogens is 369 g/mol. The fourth-order valence-electron chi connectivity index (χ4n) is 4.53. The van der Waals surface area contributed by atoms with Crippen LogP contribution in [0.25, 0.3) is 5.69 Å². The Morgan fingerprint density at radius 2 is 1.93 bits per heavy atom. The molecule has 2 aliphatic heterocycles. The van der Waals surface area contributed by atoms with Gasteiger partial charge in [-0.15, -0.1) is 0 Å². The second-order valence-corrected chi connectivity index (χ2v) is 7.66. The molecule has 1 aromatic heterocycles. The van der Waals surface area contributed by atoms with Gasteiger partial charge in [0.05, 0.1) is 24.0 Å². The lowest BCUT2D eigenvalue weighted by molar-refractivity contribution is 0.0676. The zero-order valence-corrected chi connectivity index (χ0v) is 16.2. The molecule has 3 heterocycles. The lowest BCUT2D eigenvalue weighted by Gasteiger charge is -2.46. The second kappa shape index (κ2) is 6.65. The van der Waals surface area contributed by atoms with Crippen LogP contribution in [-0.4, -0.2) is 35.6 Å². The lowest BCUT2D eigenvalue weighted by Crippen LogP contribution is -2.51. The number of ether oxygens (including phenoxy) is 1. The smallest absolute Gasteiger partial charge is 0.253 e. The minimum atomic E-state index is -0.387. The number of fused-ring (bicyclic) bond motifs is 4. The van der Waals surface area contributed by atoms with Crippen LogP contribution in [0.15, 0.2) is 60.8 Å². The van der Waals surface area contributed by atoms with Crippen LogP contribution in [0.3, 0.4) is 0 Å². The van der Waals surface area contributed by atoms with Gasteiger partial charge in [-0.2, -0.15) is 0 Å². The highest BCUT2D eigenvalue weighted by atomic mass is 19.1. The molecule has 1 amide bonds. The van der Waals surface area contributed by atoms with Gasteiger partial charge in [-0.1, -0.05) is 6.07 Å². The van der Waals surface area contributed by atoms with Crippen LogP contribution in [0.4, 0.5) is 10.1 Å². The molecular formula is C23H22FN3O2. The summed E-state index contributed by atoms with van der Waals surface area (Å²) in [5, 5.41) is 3.74. The van der Waals surface area contributed by atoms with E-state index < -0.39 is 0 Å². The van der Waals surface area contributed by atoms with E-state index in [1.165, 1.54) is 17.8 Å². The lowest BCUT2D eigenvalue weighted by atomic mass is 9.82. The molecule has 29 heavy (non-hydrogen) atoms. The van der Waals surface area contributed by atoms with Crippen LogP contribution in [0.1, 0.15) is 28.9 Å². The number of amides is 1. The van der Waals surface area contributed by atoms with E-state index in [0.29, 0.717) is 18.7 Å². The van der Waals surface area contributed by atoms with Gasteiger partial charge in [0.1, 0.15) is 11.6 Å². The van der Waals surface area contributed by atoms with Crippen LogP contribution >= 0.6 is 0 Å². The van der Waals surface area contributed by atoms with Crippen molar-refractivity contribution in [3.8, 4) is 11.4 Å². The van der Waals surface area contributed by atoms with Crippen molar-refractivity contribution in [1.29, 1.82) is 0 Å². The number of nitrogens with one attached hydrogen (secondary N) is 1. The Morgan fingerprint density at radius 1 is 1.10 bits per heavy atom. The van der Waals surface area contributed by atoms with Crippen molar-refractivity contribution in [2.45, 2.75) is 18.4 Å². The monoisotopic (exact) mass is 391 g/mol. The maximum absolute atomic E-state index is 13.5. The number of halogens is 1. The summed E-state index contributed by atoms with van der Waals surface area (Å²) in [7, 11) is 1.66. The normalized spacial score (nSPS) is 16.7. The molecule has 0 radical (unpaired) electrons. The topological polar surface area (TPSA) is 46.5 Å². The van der Waals surface area contributed by atoms with Gasteiger partial charge in [0.25, 0.3) is 5.91 Å². The minimum Gasteiger partial charge on any atom is -0.497 e. The van der Waals surface area contributed by atoms with E-state index >= 15 is 0 Å². The van der Waals surface area contributed by atoms with Crippen molar-refractivity contribution in [2.75, 3.05) is 25.5 Å². The number of carbonyl (C=O) groups is 1. The van der Waals surface area contributed by atoms with Crippen molar-refractivity contribution in [2.24, 2.45) is 0 Å². The highest BCUT2D eigenvalue weighted by Crippen LogP contribution is 2.44. The summed E-state index contributed by atoms with van der Waals surface area (Å²) in [6.07, 6.45) is 3.62. The molecule has 148 valence electrons. The minimum absolute atomic E-state index is 0.118. The Labute approximate surface area is 168 Å². The molecule has 5 nitrogen and oxygen atoms in total. The van der Waals surface area contributed by atoms with E-state index in [4.69, 9.17) is 4.74 Å². The van der Waals surface area contributed by atoms with Crippen molar-refractivity contribution >= 4 is 11.6 Å². The molecule has 0 bridgehead atoms. The number of piperidine rings is 1. The summed E-state index contributed by atoms with van der Waals surface area (Å²) in [5.74, 6) is 0.301. The zero-order chi connectivity index (χ0) is 20.0. The predicted molar refractivity (Wildman–Crippen MR) is 109 cm³/mol. The summed E-state index contributed by atoms with van der Waals surface area (Å²) in [6.45, 7) is 1.21. The molecule has 2 aliphatic rings. The second-order valence-electron chi connectivity index (χ2n) is 7.66. The van der Waals surface area contributed by atoms with Gasteiger partial charge in [0.2, 0.25) is 0 Å². The highest BCUT2D eigenvalue weighted by Gasteiger charge is 2.42. The van der Waals surface area contributed by atoms with Gasteiger partial charge in [0, 0.05) is 36.6 Å². The molecule has 5 rings (SSSR count). The Bertz CT molecular complexity index is 1080. The van der Waals surface area contributed by atoms with Crippen LogP contribution < -0.4 is 10.1 Å². The van der Waals surface area contributed by atoms with Crippen molar-refractivity contribution in [1.82, 2.24) is 9.47 Å². The number of rotatable bonds is 2. The predicted octanol–water partition coefficient (Wildman–Crippen LogP) is 4.18. The van der Waals surface area contributed by atoms with Crippen LogP contribution in [0.2, 0.25) is 0 Å². The van der Waals surface area contributed by atoms with Gasteiger partial charge in [-0.3, -0.25) is 4.79 Å². The third kappa shape index (κ3) is 2.87. The average molecular weight is 391 g/mol. The molecule has 2 aromatic carbocycles. The van der Waals surface area contributed by atoms with Gasteiger partial charge in [-0.05, 0) is 55.3 Å². The van der Waals surface area contributed by atoms with E-state index in [2.05, 4.69) is 34.3 Å². The number of hydrogen-bond donors (Lipinski definition) is 1. The van der Waals surface area contributed by atoms with Crippen LogP contribution in [0, 0.1) is 5.82 Å². The molecule has 0 saturated carbocycles. The standard InChI is InChI=1S/C23H22FN3O2/c1-29-18-7-8-20-19(15-18)25-23(21-6-3-11-27(20)21)9-12-26(13-10-23)22(28)16-4-2-5-17(24)14-16/h2-8,11,14-15,25H,9-10,12-13H2,1H3. The van der Waals surface area contributed by atoms with Gasteiger partial charge in [-0.25, -0.2) is 4.39 Å². The van der Waals surface area contributed by atoms with Crippen molar-refractivity contribution < 1.29 is 13.9 Å². The van der Waals surface area contributed by atoms with E-state index in [0.717, 1.165) is 30.0 Å². The quantitative estimate of drug-likeness (QED) is 0.713. The average Bonchev–Trinajstić information content (AvgIpc) is 3.25. The van der Waals surface area contributed by atoms with E-state index in [-0.39, 0.29) is 17.3 Å². The molecule has 0 unspecified atom stereocenters. The highest BCUT2D eigenvalue weighted by molar-refractivity contribution is 5.94. The number of methoxy groups -OCH3 is 1. The number of aromatic nitrogens is 1. The van der Waals surface area contributed by atoms with Gasteiger partial charge >= 0.3 is 0 Å². The first-order valence-corrected chi connectivity index (χ1v) is 9.79. The zero-order valence-electron chi connectivity index (χ0n) is 16.2. The Kier molecular flexibility index (Phi) is 4.08. The Hall–Kier alpha value is -3.28. The fraction of sp³-hybridized carbons (Fsp3) is 0.261. The summed E-state index contributed by atoms with van der Waals surface area (Å²) < 4.78 is 21.1. The first-order valence-electron chi connectivity index (χ1n) is 9.79. The third-order valence-electron chi connectivity index (χ3n) is 6.05. The first kappa shape index (κ1) is 17.8. The summed E-state index contributed by atoms with van der Waals surface area (Å²) >= 11 is 0. The Morgan fingerprint density at radius 3 is 2.69 bits per heavy atom. The van der Waals surface area contributed by atoms with Gasteiger partial charge < -0.3 is 19.5 Å². The van der Waals surface area contributed by atoms with E-state index in [1.54, 1.807) is 19.2 Å². The SMILES string of the molecule is COc1ccc2c(c1)NC1(CCN(C(=O)c3cccc(F)c3)CC1)c1cccn1-2. The van der Waals surface area contributed by atoms with E-state index in [9.17, 15) is 9.18 Å². The molecule has 3 aromatic rings. The van der Waals surface area contributed by atoms with Gasteiger partial charge in [0.15, 0.2) is 0 Å². The van der Waals surface area contributed by atoms with Crippen LogP contribution in [0.5, 0.6) is 5.75 Å². The molecule has 1 spiro atoms. The largest absolute Gasteiger partial charge is 0.497 e. The van der Waals surface area contributed by atoms with Crippen LogP contribution in [-0.2, 0) is 5.54 Å². The number of carbonyl (C=O) groups excluding carboxylic acids is 1. The third-order valence-corrected chi connectivity index (χ3v) is 6.05. The summed E-state index contributed by atoms with van der Waals surface area (Å²) in [4.78, 5) is 14.6.